The van der Waals surface area contributed by atoms with E-state index in [1.54, 1.807) is 0 Å². The minimum absolute atomic E-state index is 0. The highest BCUT2D eigenvalue weighted by Crippen LogP contribution is 2.25. The van der Waals surface area contributed by atoms with E-state index in [1.165, 1.54) is 36.4 Å². The largest absolute Gasteiger partial charge is 1.00 e. The van der Waals surface area contributed by atoms with Gasteiger partial charge < -0.3 is 33.7 Å². The molecular formula is C28H32Cl2F4N6O. The van der Waals surface area contributed by atoms with E-state index in [9.17, 15) is 22.4 Å². The van der Waals surface area contributed by atoms with Gasteiger partial charge in [0.25, 0.3) is 5.91 Å². The van der Waals surface area contributed by atoms with Crippen LogP contribution in [0.25, 0.3) is 0 Å². The van der Waals surface area contributed by atoms with E-state index in [0.717, 1.165) is 13.0 Å². The lowest BCUT2D eigenvalue weighted by atomic mass is 9.98. The number of halogens is 6. The molecule has 7 nitrogen and oxygen atoms in total. The summed E-state index contributed by atoms with van der Waals surface area (Å²) in [6, 6.07) is 7.31. The maximum Gasteiger partial charge on any atom is 0.274 e. The van der Waals surface area contributed by atoms with Crippen LogP contribution in [0.1, 0.15) is 47.3 Å². The van der Waals surface area contributed by atoms with Gasteiger partial charge in [0.15, 0.2) is 22.5 Å². The third-order valence-electron chi connectivity index (χ3n) is 7.49. The predicted octanol–water partition coefficient (Wildman–Crippen LogP) is 1.83. The summed E-state index contributed by atoms with van der Waals surface area (Å²) in [4.78, 5) is 20.8. The van der Waals surface area contributed by atoms with Crippen molar-refractivity contribution in [1.82, 2.24) is 15.3 Å². The van der Waals surface area contributed by atoms with Gasteiger partial charge in [-0.05, 0) is 49.9 Å². The van der Waals surface area contributed by atoms with Crippen molar-refractivity contribution in [3.05, 3.63) is 81.6 Å². The zero-order valence-corrected chi connectivity index (χ0v) is 23.8. The first-order valence-corrected chi connectivity index (χ1v) is 13.6. The highest BCUT2D eigenvalue weighted by molar-refractivity contribution is 6.31. The van der Waals surface area contributed by atoms with Gasteiger partial charge in [-0.1, -0.05) is 23.7 Å². The molecule has 3 aromatic rings. The molecule has 0 radical (unpaired) electrons. The number of aromatic nitrogens is 2. The van der Waals surface area contributed by atoms with E-state index < -0.39 is 29.2 Å². The Kier molecular flexibility index (Phi) is 11.2. The average molecular weight is 616 g/mol. The molecule has 1 aliphatic heterocycles. The van der Waals surface area contributed by atoms with Crippen LogP contribution in [0.2, 0.25) is 5.15 Å². The summed E-state index contributed by atoms with van der Waals surface area (Å²) in [6.45, 7) is 2.40. The molecule has 1 fully saturated rings. The lowest BCUT2D eigenvalue weighted by Gasteiger charge is -2.45. The predicted molar refractivity (Wildman–Crippen MR) is 145 cm³/mol. The van der Waals surface area contributed by atoms with Gasteiger partial charge in [0.05, 0.1) is 32.2 Å². The van der Waals surface area contributed by atoms with Crippen molar-refractivity contribution in [3.63, 3.8) is 0 Å². The summed E-state index contributed by atoms with van der Waals surface area (Å²) in [6.07, 6.45) is 2.82. The third-order valence-corrected chi connectivity index (χ3v) is 7.77. The number of anilines is 2. The number of nitrogens with zero attached hydrogens (tertiary/aromatic N) is 3. The van der Waals surface area contributed by atoms with Gasteiger partial charge in [-0.3, -0.25) is 4.79 Å². The van der Waals surface area contributed by atoms with Crippen LogP contribution in [0.5, 0.6) is 0 Å². The minimum Gasteiger partial charge on any atom is -1.00 e. The Morgan fingerprint density at radius 3 is 1.93 bits per heavy atom. The topological polar surface area (TPSA) is 107 Å². The normalized spacial score (nSPS) is 16.2. The fourth-order valence-electron chi connectivity index (χ4n) is 5.55. The molecule has 1 aliphatic rings. The van der Waals surface area contributed by atoms with Crippen LogP contribution in [0.4, 0.5) is 29.2 Å². The number of likely N-dealkylation sites (tertiary alicyclic amines) is 1. The summed E-state index contributed by atoms with van der Waals surface area (Å²) in [5.41, 5.74) is 11.4. The minimum atomic E-state index is -0.591. The molecule has 0 saturated carbocycles. The molecule has 0 spiro atoms. The molecule has 13 heteroatoms. The number of nitrogen functional groups attached to an aromatic ring is 2. The summed E-state index contributed by atoms with van der Waals surface area (Å²) in [5.74, 6) is -3.13. The van der Waals surface area contributed by atoms with Crippen LogP contribution in [0.15, 0.2) is 36.4 Å². The Bertz CT molecular complexity index is 1280. The van der Waals surface area contributed by atoms with E-state index in [0.29, 0.717) is 43.4 Å². The molecule has 1 saturated heterocycles. The molecule has 2 heterocycles. The molecule has 4 rings (SSSR count). The van der Waals surface area contributed by atoms with Gasteiger partial charge in [-0.15, -0.1) is 0 Å². The zero-order chi connectivity index (χ0) is 28.9. The molecule has 5 N–H and O–H groups in total. The molecule has 222 valence electrons. The lowest BCUT2D eigenvalue weighted by molar-refractivity contribution is -0.933. The Hall–Kier alpha value is -3.15. The maximum atomic E-state index is 14.2. The van der Waals surface area contributed by atoms with Gasteiger partial charge in [-0.2, -0.15) is 0 Å². The molecule has 2 aromatic carbocycles. The fourth-order valence-corrected chi connectivity index (χ4v) is 5.67. The maximum absolute atomic E-state index is 14.2. The van der Waals surface area contributed by atoms with E-state index >= 15 is 0 Å². The molecule has 1 amide bonds. The number of piperidine rings is 1. The Labute approximate surface area is 247 Å². The van der Waals surface area contributed by atoms with Crippen molar-refractivity contribution >= 4 is 29.1 Å². The van der Waals surface area contributed by atoms with Gasteiger partial charge >= 0.3 is 0 Å². The first kappa shape index (κ1) is 32.4. The Morgan fingerprint density at radius 2 is 1.41 bits per heavy atom. The summed E-state index contributed by atoms with van der Waals surface area (Å²) in [7, 11) is 0. The number of nitrogens with one attached hydrogen (secondary N) is 1. The van der Waals surface area contributed by atoms with Crippen molar-refractivity contribution in [2.75, 3.05) is 37.6 Å². The number of benzene rings is 2. The van der Waals surface area contributed by atoms with E-state index in [2.05, 4.69) is 15.3 Å². The van der Waals surface area contributed by atoms with Crippen LogP contribution in [-0.4, -0.2) is 52.6 Å². The monoisotopic (exact) mass is 614 g/mol. The highest BCUT2D eigenvalue weighted by atomic mass is 35.5. The standard InChI is InChI=1S/C28H31ClF4N6O.ClH/c29-25-27(35)38-26(34)24(37-25)28(40)36-17-6-3-13-39(16-17,14-4-7-18-20(30)9-1-10-21(18)31)15-5-8-19-22(32)11-2-12-23(19)33;/h1-2,9-12,17H,3-8,13-16H2,(H4-,34,35,36,38,40);1H. The van der Waals surface area contributed by atoms with Crippen LogP contribution >= 0.6 is 11.6 Å². The molecule has 1 atom stereocenters. The number of hydrogen-bond donors (Lipinski definition) is 3. The van der Waals surface area contributed by atoms with Crippen LogP contribution in [0, 0.1) is 23.3 Å². The lowest BCUT2D eigenvalue weighted by Crippen LogP contribution is -3.00. The second-order valence-electron chi connectivity index (χ2n) is 10.2. The molecule has 1 unspecified atom stereocenters. The number of carbonyl (C=O) groups excluding carboxylic acids is 1. The fraction of sp³-hybridized carbons (Fsp3) is 0.393. The Balaban J connectivity index is 0.00000462. The molecule has 0 aliphatic carbocycles. The number of hydrogen-bond acceptors (Lipinski definition) is 5. The van der Waals surface area contributed by atoms with Crippen molar-refractivity contribution < 1.29 is 39.2 Å². The summed E-state index contributed by atoms with van der Waals surface area (Å²) in [5, 5.41) is 2.82. The molecule has 0 bridgehead atoms. The number of nitrogens with two attached hydrogens (primary N) is 2. The molecule has 41 heavy (non-hydrogen) atoms. The average Bonchev–Trinajstić information content (AvgIpc) is 2.90. The van der Waals surface area contributed by atoms with Crippen LogP contribution < -0.4 is 29.2 Å². The van der Waals surface area contributed by atoms with E-state index in [4.69, 9.17) is 23.1 Å². The first-order chi connectivity index (χ1) is 19.1. The van der Waals surface area contributed by atoms with E-state index in [1.807, 2.05) is 0 Å². The van der Waals surface area contributed by atoms with Gasteiger partial charge in [0.2, 0.25) is 0 Å². The SMILES string of the molecule is Nc1nc(N)c(C(=O)NC2CCC[N+](CCCc3c(F)cccc3F)(CCCc3c(F)cccc3F)C2)nc1Cl.[Cl-]. The number of carbonyl (C=O) groups is 1. The van der Waals surface area contributed by atoms with Crippen molar-refractivity contribution in [3.8, 4) is 0 Å². The zero-order valence-electron chi connectivity index (χ0n) is 22.3. The van der Waals surface area contributed by atoms with E-state index in [-0.39, 0.29) is 64.9 Å². The van der Waals surface area contributed by atoms with Crippen LogP contribution in [0.3, 0.4) is 0 Å². The number of amides is 1. The second kappa shape index (κ2) is 14.2. The third kappa shape index (κ3) is 7.99. The first-order valence-electron chi connectivity index (χ1n) is 13.2. The number of quaternary nitrogens is 1. The highest BCUT2D eigenvalue weighted by Gasteiger charge is 2.36. The number of rotatable bonds is 10. The summed E-state index contributed by atoms with van der Waals surface area (Å²) < 4.78 is 57.4. The van der Waals surface area contributed by atoms with Gasteiger partial charge in [-0.25, -0.2) is 27.5 Å². The van der Waals surface area contributed by atoms with Crippen molar-refractivity contribution in [1.29, 1.82) is 0 Å². The molecule has 1 aromatic heterocycles. The van der Waals surface area contributed by atoms with Crippen molar-refractivity contribution in [2.24, 2.45) is 0 Å². The van der Waals surface area contributed by atoms with Gasteiger partial charge in [0.1, 0.15) is 23.3 Å². The quantitative estimate of drug-likeness (QED) is 0.239. The Morgan fingerprint density at radius 1 is 0.902 bits per heavy atom. The smallest absolute Gasteiger partial charge is 0.274 e. The van der Waals surface area contributed by atoms with Gasteiger partial charge in [0, 0.05) is 24.0 Å². The second-order valence-corrected chi connectivity index (χ2v) is 10.6. The summed E-state index contributed by atoms with van der Waals surface area (Å²) >= 11 is 5.93. The van der Waals surface area contributed by atoms with Crippen molar-refractivity contribution in [2.45, 2.75) is 44.6 Å². The van der Waals surface area contributed by atoms with Crippen LogP contribution in [-0.2, 0) is 12.8 Å². The molecular weight excluding hydrogens is 583 g/mol.